The lowest BCUT2D eigenvalue weighted by Gasteiger charge is -2.03. The molecule has 0 saturated heterocycles. The van der Waals surface area contributed by atoms with Crippen molar-refractivity contribution in [3.05, 3.63) is 68.6 Å². The molecule has 0 aliphatic rings. The van der Waals surface area contributed by atoms with E-state index in [1.807, 2.05) is 48.5 Å². The molecule has 1 amide bonds. The van der Waals surface area contributed by atoms with Gasteiger partial charge in [0.05, 0.1) is 12.0 Å². The number of halogens is 2. The molecule has 22 heavy (non-hydrogen) atoms. The van der Waals surface area contributed by atoms with Gasteiger partial charge in [-0.1, -0.05) is 68.3 Å². The molecule has 0 fully saturated rings. The Morgan fingerprint density at radius 2 is 1.77 bits per heavy atom. The van der Waals surface area contributed by atoms with Crippen LogP contribution in [0.25, 0.3) is 0 Å². The Labute approximate surface area is 150 Å². The van der Waals surface area contributed by atoms with Gasteiger partial charge in [0.25, 0.3) is 0 Å². The summed E-state index contributed by atoms with van der Waals surface area (Å²) in [4.78, 5) is 11.7. The second-order valence-corrected chi connectivity index (χ2v) is 7.09. The van der Waals surface area contributed by atoms with Crippen LogP contribution in [0, 0.1) is 0 Å². The highest BCUT2D eigenvalue weighted by molar-refractivity contribution is 9.10. The van der Waals surface area contributed by atoms with Crippen molar-refractivity contribution in [1.29, 1.82) is 0 Å². The van der Waals surface area contributed by atoms with Crippen molar-refractivity contribution in [2.45, 2.75) is 5.75 Å². The van der Waals surface area contributed by atoms with E-state index in [-0.39, 0.29) is 5.91 Å². The molecular formula is C16H14Br2N2OS. The number of carbonyl (C=O) groups excluding carboxylic acids is 1. The number of hydrazone groups is 1. The fraction of sp³-hybridized carbons (Fsp3) is 0.125. The summed E-state index contributed by atoms with van der Waals surface area (Å²) in [5.74, 6) is 1.04. The number of carbonyl (C=O) groups is 1. The van der Waals surface area contributed by atoms with Crippen molar-refractivity contribution in [3.63, 3.8) is 0 Å². The van der Waals surface area contributed by atoms with Gasteiger partial charge in [0.15, 0.2) is 0 Å². The molecule has 0 saturated carbocycles. The highest BCUT2D eigenvalue weighted by Crippen LogP contribution is 2.21. The van der Waals surface area contributed by atoms with Crippen LogP contribution in [-0.2, 0) is 10.5 Å². The minimum absolute atomic E-state index is 0.111. The van der Waals surface area contributed by atoms with Gasteiger partial charge in [0.1, 0.15) is 0 Å². The lowest BCUT2D eigenvalue weighted by molar-refractivity contribution is -0.118. The summed E-state index contributed by atoms with van der Waals surface area (Å²) in [6.45, 7) is 0. The summed E-state index contributed by atoms with van der Waals surface area (Å²) in [7, 11) is 0. The zero-order valence-corrected chi connectivity index (χ0v) is 15.6. The van der Waals surface area contributed by atoms with Gasteiger partial charge in [-0.3, -0.25) is 4.79 Å². The zero-order valence-electron chi connectivity index (χ0n) is 11.6. The van der Waals surface area contributed by atoms with E-state index < -0.39 is 0 Å². The number of hydrogen-bond acceptors (Lipinski definition) is 3. The number of hydrogen-bond donors (Lipinski definition) is 1. The van der Waals surface area contributed by atoms with Gasteiger partial charge in [-0.05, 0) is 17.7 Å². The van der Waals surface area contributed by atoms with E-state index in [1.54, 1.807) is 18.0 Å². The monoisotopic (exact) mass is 440 g/mol. The second-order valence-electron chi connectivity index (χ2n) is 4.40. The van der Waals surface area contributed by atoms with Gasteiger partial charge in [0, 0.05) is 20.3 Å². The first-order valence-electron chi connectivity index (χ1n) is 6.54. The number of thioether (sulfide) groups is 1. The van der Waals surface area contributed by atoms with E-state index in [0.717, 1.165) is 20.3 Å². The third-order valence-electron chi connectivity index (χ3n) is 2.75. The van der Waals surface area contributed by atoms with Crippen LogP contribution < -0.4 is 5.43 Å². The van der Waals surface area contributed by atoms with Crippen molar-refractivity contribution >= 4 is 55.7 Å². The van der Waals surface area contributed by atoms with E-state index in [9.17, 15) is 4.79 Å². The van der Waals surface area contributed by atoms with E-state index >= 15 is 0 Å². The predicted octanol–water partition coefficient (Wildman–Crippen LogP) is 4.60. The molecular weight excluding hydrogens is 428 g/mol. The van der Waals surface area contributed by atoms with Gasteiger partial charge < -0.3 is 0 Å². The van der Waals surface area contributed by atoms with Crippen LogP contribution in [0.15, 0.2) is 62.6 Å². The topological polar surface area (TPSA) is 41.5 Å². The molecule has 0 bridgehead atoms. The maximum atomic E-state index is 11.7. The van der Waals surface area contributed by atoms with Crippen molar-refractivity contribution in [2.75, 3.05) is 5.75 Å². The van der Waals surface area contributed by atoms with Gasteiger partial charge >= 0.3 is 0 Å². The normalized spacial score (nSPS) is 10.8. The Kier molecular flexibility index (Phi) is 7.15. The van der Waals surface area contributed by atoms with Gasteiger partial charge in [-0.15, -0.1) is 11.8 Å². The third kappa shape index (κ3) is 5.59. The second kappa shape index (κ2) is 9.12. The maximum absolute atomic E-state index is 11.7. The fourth-order valence-corrected chi connectivity index (χ4v) is 3.48. The molecule has 1 N–H and O–H groups in total. The number of nitrogens with one attached hydrogen (secondary N) is 1. The van der Waals surface area contributed by atoms with Crippen molar-refractivity contribution < 1.29 is 4.79 Å². The van der Waals surface area contributed by atoms with Crippen molar-refractivity contribution in [3.8, 4) is 0 Å². The summed E-state index contributed by atoms with van der Waals surface area (Å²) in [6, 6.07) is 15.7. The number of nitrogens with zero attached hydrogens (tertiary/aromatic N) is 1. The Morgan fingerprint density at radius 1 is 1.09 bits per heavy atom. The molecule has 0 heterocycles. The largest absolute Gasteiger partial charge is 0.272 e. The summed E-state index contributed by atoms with van der Waals surface area (Å²) in [5.41, 5.74) is 4.63. The molecule has 2 aromatic carbocycles. The van der Waals surface area contributed by atoms with Gasteiger partial charge in [0.2, 0.25) is 5.91 Å². The molecule has 114 valence electrons. The van der Waals surface area contributed by atoms with Gasteiger partial charge in [-0.25, -0.2) is 5.43 Å². The zero-order chi connectivity index (χ0) is 15.8. The summed E-state index contributed by atoms with van der Waals surface area (Å²) >= 11 is 8.47. The molecule has 0 radical (unpaired) electrons. The Hall–Kier alpha value is -1.11. The minimum atomic E-state index is -0.111. The molecule has 6 heteroatoms. The molecule has 2 rings (SSSR count). The van der Waals surface area contributed by atoms with E-state index in [1.165, 1.54) is 5.56 Å². The lowest BCUT2D eigenvalue weighted by atomic mass is 10.2. The number of rotatable bonds is 6. The first-order valence-corrected chi connectivity index (χ1v) is 9.28. The molecule has 3 nitrogen and oxygen atoms in total. The minimum Gasteiger partial charge on any atom is -0.272 e. The Morgan fingerprint density at radius 3 is 2.50 bits per heavy atom. The number of amides is 1. The molecule has 0 aliphatic carbocycles. The highest BCUT2D eigenvalue weighted by Gasteiger charge is 2.03. The first kappa shape index (κ1) is 17.2. The molecule has 2 aromatic rings. The SMILES string of the molecule is O=C(CSCc1ccccc1Br)N/N=C\c1ccccc1Br. The summed E-state index contributed by atoms with van der Waals surface area (Å²) < 4.78 is 2.01. The quantitative estimate of drug-likeness (QED) is 0.525. The Bertz CT molecular complexity index is 677. The van der Waals surface area contributed by atoms with Crippen LogP contribution in [-0.4, -0.2) is 17.9 Å². The van der Waals surface area contributed by atoms with Crippen LogP contribution >= 0.6 is 43.6 Å². The first-order chi connectivity index (χ1) is 10.7. The Balaban J connectivity index is 1.75. The fourth-order valence-electron chi connectivity index (χ4n) is 1.66. The smallest absolute Gasteiger partial charge is 0.250 e. The molecule has 0 spiro atoms. The maximum Gasteiger partial charge on any atom is 0.250 e. The van der Waals surface area contributed by atoms with E-state index in [0.29, 0.717) is 5.75 Å². The van der Waals surface area contributed by atoms with Gasteiger partial charge in [-0.2, -0.15) is 5.10 Å². The summed E-state index contributed by atoms with van der Waals surface area (Å²) in [6.07, 6.45) is 1.63. The van der Waals surface area contributed by atoms with Crippen LogP contribution in [0.2, 0.25) is 0 Å². The van der Waals surface area contributed by atoms with Crippen molar-refractivity contribution in [1.82, 2.24) is 5.43 Å². The number of benzene rings is 2. The summed E-state index contributed by atoms with van der Waals surface area (Å²) in [5, 5.41) is 3.97. The van der Waals surface area contributed by atoms with Crippen LogP contribution in [0.1, 0.15) is 11.1 Å². The molecule has 0 atom stereocenters. The van der Waals surface area contributed by atoms with E-state index in [4.69, 9.17) is 0 Å². The van der Waals surface area contributed by atoms with Crippen LogP contribution in [0.3, 0.4) is 0 Å². The molecule has 0 unspecified atom stereocenters. The standard InChI is InChI=1S/C16H14Br2N2OS/c17-14-7-3-1-5-12(14)9-19-20-16(21)11-22-10-13-6-2-4-8-15(13)18/h1-9H,10-11H2,(H,20,21)/b19-9-. The molecule has 0 aromatic heterocycles. The van der Waals surface area contributed by atoms with Crippen LogP contribution in [0.5, 0.6) is 0 Å². The third-order valence-corrected chi connectivity index (χ3v) is 5.22. The van der Waals surface area contributed by atoms with Crippen molar-refractivity contribution in [2.24, 2.45) is 5.10 Å². The van der Waals surface area contributed by atoms with Crippen LogP contribution in [0.4, 0.5) is 0 Å². The average Bonchev–Trinajstić information content (AvgIpc) is 2.51. The predicted molar refractivity (Wildman–Crippen MR) is 100 cm³/mol. The highest BCUT2D eigenvalue weighted by atomic mass is 79.9. The lowest BCUT2D eigenvalue weighted by Crippen LogP contribution is -2.19. The molecule has 0 aliphatic heterocycles. The van der Waals surface area contributed by atoms with E-state index in [2.05, 4.69) is 42.4 Å². The average molecular weight is 442 g/mol.